The highest BCUT2D eigenvalue weighted by Gasteiger charge is 2.09. The Morgan fingerprint density at radius 3 is 3.00 bits per heavy atom. The van der Waals surface area contributed by atoms with E-state index in [1.165, 1.54) is 0 Å². The molecular formula is C19H15N5O2S. The van der Waals surface area contributed by atoms with Crippen molar-refractivity contribution in [3.05, 3.63) is 70.9 Å². The van der Waals surface area contributed by atoms with Crippen LogP contribution < -0.4 is 0 Å². The molecule has 5 rings (SSSR count). The zero-order valence-corrected chi connectivity index (χ0v) is 15.1. The van der Waals surface area contributed by atoms with Gasteiger partial charge in [-0.15, -0.1) is 11.3 Å². The van der Waals surface area contributed by atoms with Gasteiger partial charge in [-0.05, 0) is 29.8 Å². The van der Waals surface area contributed by atoms with Crippen LogP contribution in [0.5, 0.6) is 0 Å². The van der Waals surface area contributed by atoms with Crippen LogP contribution in [0.2, 0.25) is 0 Å². The number of thiazole rings is 1. The van der Waals surface area contributed by atoms with Gasteiger partial charge in [-0.1, -0.05) is 23.4 Å². The first-order valence-electron chi connectivity index (χ1n) is 8.49. The second kappa shape index (κ2) is 6.90. The van der Waals surface area contributed by atoms with Crippen molar-refractivity contribution in [1.29, 1.82) is 0 Å². The van der Waals surface area contributed by atoms with Gasteiger partial charge >= 0.3 is 0 Å². The van der Waals surface area contributed by atoms with Crippen LogP contribution in [0.15, 0.2) is 53.2 Å². The van der Waals surface area contributed by atoms with E-state index in [0.29, 0.717) is 24.7 Å². The average Bonchev–Trinajstić information content (AvgIpc) is 3.40. The topological polar surface area (TPSA) is 89.7 Å². The molecule has 0 saturated heterocycles. The highest BCUT2D eigenvalue weighted by atomic mass is 32.1. The summed E-state index contributed by atoms with van der Waals surface area (Å²) in [6, 6.07) is 14.1. The summed E-state index contributed by atoms with van der Waals surface area (Å²) in [6.45, 7) is 0.692. The highest BCUT2D eigenvalue weighted by Crippen LogP contribution is 2.22. The van der Waals surface area contributed by atoms with Gasteiger partial charge in [0.15, 0.2) is 5.82 Å². The number of para-hydroxylation sites is 1. The van der Waals surface area contributed by atoms with E-state index in [2.05, 4.69) is 37.5 Å². The summed E-state index contributed by atoms with van der Waals surface area (Å²) >= 11 is 1.63. The second-order valence-electron chi connectivity index (χ2n) is 6.14. The number of fused-ring (bicyclic) bond motifs is 2. The predicted molar refractivity (Wildman–Crippen MR) is 101 cm³/mol. The zero-order valence-electron chi connectivity index (χ0n) is 14.3. The number of aromatic nitrogens is 5. The molecule has 0 saturated carbocycles. The fraction of sp³-hybridized carbons (Fsp3) is 0.158. The molecule has 2 aromatic carbocycles. The highest BCUT2D eigenvalue weighted by molar-refractivity contribution is 7.18. The van der Waals surface area contributed by atoms with Crippen molar-refractivity contribution >= 4 is 32.5 Å². The second-order valence-corrected chi connectivity index (χ2v) is 7.26. The van der Waals surface area contributed by atoms with Crippen LogP contribution in [0.4, 0.5) is 0 Å². The minimum atomic E-state index is 0.268. The first-order chi connectivity index (χ1) is 13.3. The minimum Gasteiger partial charge on any atom is -0.364 e. The Morgan fingerprint density at radius 1 is 1.07 bits per heavy atom. The van der Waals surface area contributed by atoms with E-state index in [4.69, 9.17) is 9.26 Å². The number of ether oxygens (including phenoxy) is 1. The smallest absolute Gasteiger partial charge is 0.252 e. The first-order valence-corrected chi connectivity index (χ1v) is 9.31. The maximum Gasteiger partial charge on any atom is 0.252 e. The summed E-state index contributed by atoms with van der Waals surface area (Å²) in [5, 5.41) is 13.0. The summed E-state index contributed by atoms with van der Waals surface area (Å²) in [7, 11) is 0. The molecule has 0 atom stereocenters. The average molecular weight is 377 g/mol. The predicted octanol–water partition coefficient (Wildman–Crippen LogP) is 3.86. The zero-order chi connectivity index (χ0) is 18.1. The maximum absolute atomic E-state index is 5.69. The number of nitrogens with zero attached hydrogens (tertiary/aromatic N) is 4. The van der Waals surface area contributed by atoms with Crippen molar-refractivity contribution in [2.45, 2.75) is 19.6 Å². The lowest BCUT2D eigenvalue weighted by Crippen LogP contribution is -1.95. The van der Waals surface area contributed by atoms with Crippen molar-refractivity contribution in [3.8, 4) is 0 Å². The Labute approximate surface area is 158 Å². The number of H-pyrrole nitrogens is 1. The summed E-state index contributed by atoms with van der Waals surface area (Å²) in [5.41, 5.74) is 3.11. The van der Waals surface area contributed by atoms with E-state index in [0.717, 1.165) is 31.7 Å². The fourth-order valence-electron chi connectivity index (χ4n) is 2.91. The van der Waals surface area contributed by atoms with Crippen LogP contribution in [0.25, 0.3) is 21.1 Å². The van der Waals surface area contributed by atoms with Crippen LogP contribution in [-0.2, 0) is 24.4 Å². The maximum atomic E-state index is 5.69. The van der Waals surface area contributed by atoms with E-state index in [1.54, 1.807) is 17.5 Å². The molecule has 5 aromatic rings. The van der Waals surface area contributed by atoms with Crippen molar-refractivity contribution in [1.82, 2.24) is 25.3 Å². The third-order valence-electron chi connectivity index (χ3n) is 4.17. The molecule has 0 fully saturated rings. The Kier molecular flexibility index (Phi) is 4.11. The van der Waals surface area contributed by atoms with Gasteiger partial charge in [0, 0.05) is 11.8 Å². The summed E-state index contributed by atoms with van der Waals surface area (Å²) in [4.78, 5) is 8.95. The van der Waals surface area contributed by atoms with Crippen LogP contribution in [-0.4, -0.2) is 25.3 Å². The molecule has 8 heteroatoms. The minimum absolute atomic E-state index is 0.268. The van der Waals surface area contributed by atoms with Crippen LogP contribution in [0.1, 0.15) is 22.3 Å². The molecule has 3 aromatic heterocycles. The van der Waals surface area contributed by atoms with E-state index < -0.39 is 0 Å². The van der Waals surface area contributed by atoms with Crippen molar-refractivity contribution in [2.75, 3.05) is 0 Å². The van der Waals surface area contributed by atoms with Gasteiger partial charge in [0.2, 0.25) is 0 Å². The van der Waals surface area contributed by atoms with Crippen molar-refractivity contribution in [3.63, 3.8) is 0 Å². The molecule has 134 valence electrons. The number of rotatable bonds is 6. The Morgan fingerprint density at radius 2 is 2.04 bits per heavy atom. The van der Waals surface area contributed by atoms with E-state index >= 15 is 0 Å². The Balaban J connectivity index is 1.20. The molecule has 0 aliphatic heterocycles. The summed E-state index contributed by atoms with van der Waals surface area (Å²) in [6.07, 6.45) is 2.40. The van der Waals surface area contributed by atoms with E-state index in [-0.39, 0.29) is 6.61 Å². The third-order valence-corrected chi connectivity index (χ3v) is 5.18. The van der Waals surface area contributed by atoms with Crippen LogP contribution >= 0.6 is 11.3 Å². The van der Waals surface area contributed by atoms with Crippen LogP contribution in [0.3, 0.4) is 0 Å². The largest absolute Gasteiger partial charge is 0.364 e. The van der Waals surface area contributed by atoms with Gasteiger partial charge < -0.3 is 9.26 Å². The fourth-order valence-corrected chi connectivity index (χ4v) is 3.82. The van der Waals surface area contributed by atoms with Crippen molar-refractivity contribution < 1.29 is 9.26 Å². The van der Waals surface area contributed by atoms with Gasteiger partial charge in [0.05, 0.1) is 28.5 Å². The lowest BCUT2D eigenvalue weighted by molar-refractivity contribution is 0.0850. The van der Waals surface area contributed by atoms with Gasteiger partial charge in [0.25, 0.3) is 5.89 Å². The molecule has 3 heterocycles. The van der Waals surface area contributed by atoms with Gasteiger partial charge in [-0.3, -0.25) is 5.10 Å². The molecular weight excluding hydrogens is 362 g/mol. The summed E-state index contributed by atoms with van der Waals surface area (Å²) in [5.74, 6) is 1.10. The van der Waals surface area contributed by atoms with Gasteiger partial charge in [-0.2, -0.15) is 10.1 Å². The number of nitrogens with one attached hydrogen (secondary N) is 1. The first kappa shape index (κ1) is 16.1. The molecule has 7 nitrogen and oxygen atoms in total. The number of benzene rings is 2. The lowest BCUT2D eigenvalue weighted by atomic mass is 10.1. The Hall–Kier alpha value is -3.10. The third kappa shape index (κ3) is 3.44. The molecule has 27 heavy (non-hydrogen) atoms. The molecule has 0 spiro atoms. The quantitative estimate of drug-likeness (QED) is 0.483. The standard InChI is InChI=1S/C19H15N5O2S/c1-2-4-16-15(3-1)21-19(27-16)11-25-10-18-22-17(24-26-18)8-12-5-6-14-13(7-12)9-20-23-14/h1-7,9H,8,10-11H2,(H,20,23). The monoisotopic (exact) mass is 377 g/mol. The van der Waals surface area contributed by atoms with E-state index in [1.807, 2.05) is 30.3 Å². The van der Waals surface area contributed by atoms with Gasteiger partial charge in [0.1, 0.15) is 11.6 Å². The number of hydrogen-bond donors (Lipinski definition) is 1. The SMILES string of the molecule is c1ccc2sc(COCc3nc(Cc4ccc5[nH]ncc5c4)no3)nc2c1. The molecule has 1 N–H and O–H groups in total. The van der Waals surface area contributed by atoms with E-state index in [9.17, 15) is 0 Å². The van der Waals surface area contributed by atoms with Gasteiger partial charge in [-0.25, -0.2) is 4.98 Å². The lowest BCUT2D eigenvalue weighted by Gasteiger charge is -1.97. The molecule has 0 bridgehead atoms. The molecule has 0 aliphatic carbocycles. The molecule has 0 unspecified atom stereocenters. The number of hydrogen-bond acceptors (Lipinski definition) is 7. The number of aromatic amines is 1. The van der Waals surface area contributed by atoms with Crippen molar-refractivity contribution in [2.24, 2.45) is 0 Å². The normalized spacial score (nSPS) is 11.6. The summed E-state index contributed by atoms with van der Waals surface area (Å²) < 4.78 is 12.1. The molecule has 0 amide bonds. The molecule has 0 aliphatic rings. The molecule has 0 radical (unpaired) electrons. The van der Waals surface area contributed by atoms with Crippen LogP contribution in [0, 0.1) is 0 Å². The Bertz CT molecular complexity index is 1180.